The fraction of sp³-hybridized carbons (Fsp3) is 0.240. The summed E-state index contributed by atoms with van der Waals surface area (Å²) in [5, 5.41) is 12.8. The van der Waals surface area contributed by atoms with E-state index in [1.54, 1.807) is 24.3 Å². The molecule has 0 saturated carbocycles. The molecule has 0 radical (unpaired) electrons. The van der Waals surface area contributed by atoms with Gasteiger partial charge in [0.15, 0.2) is 0 Å². The van der Waals surface area contributed by atoms with Gasteiger partial charge in [-0.3, -0.25) is 4.79 Å². The monoisotopic (exact) mass is 464 g/mol. The molecule has 2 heterocycles. The van der Waals surface area contributed by atoms with Crippen LogP contribution in [0.3, 0.4) is 0 Å². The first kappa shape index (κ1) is 22.6. The predicted molar refractivity (Wildman–Crippen MR) is 131 cm³/mol. The molecule has 1 aliphatic heterocycles. The van der Waals surface area contributed by atoms with Gasteiger partial charge in [0.05, 0.1) is 22.5 Å². The van der Waals surface area contributed by atoms with Crippen LogP contribution in [0.1, 0.15) is 33.2 Å². The third-order valence-electron chi connectivity index (χ3n) is 5.73. The number of nitrogens with zero attached hydrogens (tertiary/aromatic N) is 3. The van der Waals surface area contributed by atoms with Crippen molar-refractivity contribution >= 4 is 40.7 Å². The van der Waals surface area contributed by atoms with E-state index in [2.05, 4.69) is 47.2 Å². The van der Waals surface area contributed by atoms with Crippen LogP contribution in [-0.4, -0.2) is 47.6 Å². The first-order valence-corrected chi connectivity index (χ1v) is 11.1. The van der Waals surface area contributed by atoms with Gasteiger partial charge in [0.1, 0.15) is 11.4 Å². The lowest BCUT2D eigenvalue weighted by Crippen LogP contribution is -2.52. The summed E-state index contributed by atoms with van der Waals surface area (Å²) in [5.41, 5.74) is 3.01. The van der Waals surface area contributed by atoms with Gasteiger partial charge in [-0.1, -0.05) is 35.9 Å². The number of aromatic nitrogens is 1. The molecule has 0 spiro atoms. The molecule has 1 atom stereocenters. The minimum atomic E-state index is -1.10. The maximum atomic E-state index is 12.6. The molecule has 2 aromatic carbocycles. The summed E-state index contributed by atoms with van der Waals surface area (Å²) in [6.45, 7) is 6.20. The number of aryl methyl sites for hydroxylation is 1. The summed E-state index contributed by atoms with van der Waals surface area (Å²) in [5.74, 6) is -1.12. The van der Waals surface area contributed by atoms with Crippen LogP contribution in [0.5, 0.6) is 0 Å². The van der Waals surface area contributed by atoms with Gasteiger partial charge in [-0.2, -0.15) is 0 Å². The molecule has 1 aromatic heterocycles. The second-order valence-electron chi connectivity index (χ2n) is 8.16. The topological polar surface area (TPSA) is 85.8 Å². The Labute approximate surface area is 197 Å². The zero-order chi connectivity index (χ0) is 23.5. The number of carbonyl (C=O) groups excluding carboxylic acids is 1. The number of carbonyl (C=O) groups is 2. The van der Waals surface area contributed by atoms with E-state index >= 15 is 0 Å². The fourth-order valence-corrected chi connectivity index (χ4v) is 4.34. The molecule has 3 aromatic rings. The Balaban J connectivity index is 1.53. The van der Waals surface area contributed by atoms with Crippen molar-refractivity contribution in [2.75, 3.05) is 34.8 Å². The average Bonchev–Trinajstić information content (AvgIpc) is 2.79. The van der Waals surface area contributed by atoms with Crippen LogP contribution < -0.4 is 15.1 Å². The number of nitrogens with one attached hydrogen (secondary N) is 1. The number of hydrogen-bond donors (Lipinski definition) is 2. The van der Waals surface area contributed by atoms with Crippen molar-refractivity contribution in [2.24, 2.45) is 0 Å². The number of hydrogen-bond acceptors (Lipinski definition) is 5. The number of piperazine rings is 1. The number of anilines is 3. The highest BCUT2D eigenvalue weighted by molar-refractivity contribution is 6.34. The Hall–Kier alpha value is -3.58. The fourth-order valence-electron chi connectivity index (χ4n) is 4.12. The average molecular weight is 465 g/mol. The number of amides is 1. The number of rotatable bonds is 5. The van der Waals surface area contributed by atoms with E-state index in [1.807, 2.05) is 11.0 Å². The van der Waals surface area contributed by atoms with E-state index in [0.717, 1.165) is 12.2 Å². The van der Waals surface area contributed by atoms with Crippen LogP contribution in [0.4, 0.5) is 17.2 Å². The van der Waals surface area contributed by atoms with E-state index < -0.39 is 11.9 Å². The number of aromatic carboxylic acids is 1. The van der Waals surface area contributed by atoms with Crippen LogP contribution >= 0.6 is 11.6 Å². The van der Waals surface area contributed by atoms with Gasteiger partial charge < -0.3 is 20.2 Å². The zero-order valence-corrected chi connectivity index (χ0v) is 19.2. The smallest absolute Gasteiger partial charge is 0.339 e. The van der Waals surface area contributed by atoms with Crippen molar-refractivity contribution in [3.63, 3.8) is 0 Å². The van der Waals surface area contributed by atoms with Gasteiger partial charge in [-0.25, -0.2) is 9.78 Å². The van der Waals surface area contributed by atoms with Crippen LogP contribution in [0.2, 0.25) is 5.02 Å². The molecule has 0 unspecified atom stereocenters. The van der Waals surface area contributed by atoms with Crippen LogP contribution in [0, 0.1) is 6.92 Å². The lowest BCUT2D eigenvalue weighted by atomic mass is 10.1. The molecular weight excluding hydrogens is 440 g/mol. The van der Waals surface area contributed by atoms with Gasteiger partial charge in [-0.15, -0.1) is 0 Å². The molecule has 7 nitrogen and oxygen atoms in total. The number of halogens is 1. The third kappa shape index (κ3) is 4.93. The normalized spacial score (nSPS) is 15.9. The van der Waals surface area contributed by atoms with Gasteiger partial charge in [0, 0.05) is 31.4 Å². The SMILES string of the molecule is Cc1cccc(N2CCN(c3ncc(NC(=O)c4ccccc4Cl)cc3C(=O)O)C[C@H]2C)c1. The van der Waals surface area contributed by atoms with E-state index in [0.29, 0.717) is 35.2 Å². The molecule has 33 heavy (non-hydrogen) atoms. The molecular formula is C25H25ClN4O3. The predicted octanol–water partition coefficient (Wildman–Crippen LogP) is 4.71. The molecule has 1 aliphatic rings. The standard InChI is InChI=1S/C25H25ClN4O3/c1-16-6-5-7-19(12-16)30-11-10-29(15-17(30)2)23-21(25(32)33)13-18(14-27-23)28-24(31)20-8-3-4-9-22(20)26/h3-9,12-14,17H,10-11,15H2,1-2H3,(H,28,31)(H,32,33)/t17-/m1/s1. The molecule has 0 bridgehead atoms. The summed E-state index contributed by atoms with van der Waals surface area (Å²) in [6.07, 6.45) is 1.48. The molecule has 0 aliphatic carbocycles. The van der Waals surface area contributed by atoms with Crippen LogP contribution in [0.15, 0.2) is 60.8 Å². The summed E-state index contributed by atoms with van der Waals surface area (Å²) in [4.78, 5) is 33.3. The Morgan fingerprint density at radius 3 is 2.58 bits per heavy atom. The first-order valence-electron chi connectivity index (χ1n) is 10.7. The number of benzene rings is 2. The van der Waals surface area contributed by atoms with Gasteiger partial charge in [-0.05, 0) is 49.7 Å². The summed E-state index contributed by atoms with van der Waals surface area (Å²) in [7, 11) is 0. The van der Waals surface area contributed by atoms with Crippen molar-refractivity contribution in [3.05, 3.63) is 82.5 Å². The third-order valence-corrected chi connectivity index (χ3v) is 6.06. The molecule has 4 rings (SSSR count). The second kappa shape index (κ2) is 9.50. The molecule has 1 fully saturated rings. The largest absolute Gasteiger partial charge is 0.478 e. The summed E-state index contributed by atoms with van der Waals surface area (Å²) < 4.78 is 0. The van der Waals surface area contributed by atoms with Crippen LogP contribution in [-0.2, 0) is 0 Å². The van der Waals surface area contributed by atoms with Crippen molar-refractivity contribution in [3.8, 4) is 0 Å². The maximum absolute atomic E-state index is 12.6. The van der Waals surface area contributed by atoms with Crippen LogP contribution in [0.25, 0.3) is 0 Å². The minimum absolute atomic E-state index is 0.0446. The molecule has 1 amide bonds. The van der Waals surface area contributed by atoms with Crippen molar-refractivity contribution in [1.82, 2.24) is 4.98 Å². The first-order chi connectivity index (χ1) is 15.8. The number of carboxylic acids is 1. The highest BCUT2D eigenvalue weighted by Crippen LogP contribution is 2.27. The molecule has 1 saturated heterocycles. The Morgan fingerprint density at radius 1 is 1.09 bits per heavy atom. The maximum Gasteiger partial charge on any atom is 0.339 e. The molecule has 8 heteroatoms. The van der Waals surface area contributed by atoms with E-state index in [9.17, 15) is 14.7 Å². The number of carboxylic acid groups (broad SMARTS) is 1. The summed E-state index contributed by atoms with van der Waals surface area (Å²) in [6, 6.07) is 16.6. The van der Waals surface area contributed by atoms with Gasteiger partial charge >= 0.3 is 5.97 Å². The zero-order valence-electron chi connectivity index (χ0n) is 18.5. The van der Waals surface area contributed by atoms with Crippen molar-refractivity contribution < 1.29 is 14.7 Å². The second-order valence-corrected chi connectivity index (χ2v) is 8.57. The van der Waals surface area contributed by atoms with E-state index in [-0.39, 0.29) is 11.6 Å². The Kier molecular flexibility index (Phi) is 6.51. The summed E-state index contributed by atoms with van der Waals surface area (Å²) >= 11 is 6.09. The lowest BCUT2D eigenvalue weighted by Gasteiger charge is -2.42. The van der Waals surface area contributed by atoms with Crippen molar-refractivity contribution in [2.45, 2.75) is 19.9 Å². The molecule has 170 valence electrons. The van der Waals surface area contributed by atoms with Crippen molar-refractivity contribution in [1.29, 1.82) is 0 Å². The Bertz CT molecular complexity index is 1200. The van der Waals surface area contributed by atoms with E-state index in [1.165, 1.54) is 17.8 Å². The molecule has 2 N–H and O–H groups in total. The Morgan fingerprint density at radius 2 is 1.88 bits per heavy atom. The van der Waals surface area contributed by atoms with Gasteiger partial charge in [0.25, 0.3) is 5.91 Å². The highest BCUT2D eigenvalue weighted by Gasteiger charge is 2.28. The van der Waals surface area contributed by atoms with E-state index in [4.69, 9.17) is 11.6 Å². The number of pyridine rings is 1. The van der Waals surface area contributed by atoms with Gasteiger partial charge in [0.2, 0.25) is 0 Å². The quantitative estimate of drug-likeness (QED) is 0.568. The minimum Gasteiger partial charge on any atom is -0.478 e. The lowest BCUT2D eigenvalue weighted by molar-refractivity contribution is 0.0696. The highest BCUT2D eigenvalue weighted by atomic mass is 35.5.